The molecule has 0 amide bonds. The van der Waals surface area contributed by atoms with Gasteiger partial charge in [0.05, 0.1) is 0 Å². The van der Waals surface area contributed by atoms with E-state index in [1.807, 2.05) is 0 Å². The van der Waals surface area contributed by atoms with Gasteiger partial charge in [-0.05, 0) is 6.42 Å². The average Bonchev–Trinajstić information content (AvgIpc) is 2.86. The van der Waals surface area contributed by atoms with E-state index in [9.17, 15) is 13.8 Å². The van der Waals surface area contributed by atoms with Crippen LogP contribution in [0.4, 0.5) is 0 Å². The summed E-state index contributed by atoms with van der Waals surface area (Å²) in [6.07, 6.45) is 1.04. The largest absolute Gasteiger partial charge is 0.300 e. The maximum atomic E-state index is 11.3. The van der Waals surface area contributed by atoms with Crippen molar-refractivity contribution in [2.75, 3.05) is 0 Å². The third-order valence-electron chi connectivity index (χ3n) is 2.45. The molecule has 1 fully saturated rings. The van der Waals surface area contributed by atoms with Crippen LogP contribution >= 0.6 is 0 Å². The van der Waals surface area contributed by atoms with E-state index in [1.54, 1.807) is 6.92 Å². The first-order valence-electron chi connectivity index (χ1n) is 4.56. The molecule has 1 aliphatic carbocycles. The molecule has 1 aliphatic rings. The number of Topliss-reactive ketones (excluding diaryl/α,β-unsaturated/α-hetero) is 2. The quantitative estimate of drug-likeness (QED) is 0.546. The first-order valence-corrected chi connectivity index (χ1v) is 7.03. The highest BCUT2D eigenvalue weighted by atomic mass is 32.8. The summed E-state index contributed by atoms with van der Waals surface area (Å²) in [6, 6.07) is 0. The van der Waals surface area contributed by atoms with Crippen molar-refractivity contribution in [2.24, 2.45) is 5.92 Å². The van der Waals surface area contributed by atoms with Gasteiger partial charge in [-0.15, -0.1) is 4.33 Å². The molecule has 1 saturated carbocycles. The Labute approximate surface area is 92.6 Å². The Balaban J connectivity index is 2.49. The molecule has 0 radical (unpaired) electrons. The molecule has 1 N–H and O–H groups in total. The first-order chi connectivity index (χ1) is 6.94. The van der Waals surface area contributed by atoms with Gasteiger partial charge in [-0.1, -0.05) is 6.92 Å². The number of hydrogen-bond acceptors (Lipinski definition) is 6. The minimum Gasteiger partial charge on any atom is -0.300 e. The molecule has 0 bridgehead atoms. The Bertz CT molecular complexity index is 372. The van der Waals surface area contributed by atoms with E-state index >= 15 is 0 Å². The van der Waals surface area contributed by atoms with Gasteiger partial charge in [-0.3, -0.25) is 9.59 Å². The van der Waals surface area contributed by atoms with E-state index in [-0.39, 0.29) is 18.0 Å². The smallest absolute Gasteiger partial charge is 0.184 e. The molecule has 15 heavy (non-hydrogen) atoms. The number of carbonyl (C=O) groups excluding carboxylic acids is 2. The fourth-order valence-corrected chi connectivity index (χ4v) is 3.27. The van der Waals surface area contributed by atoms with Crippen LogP contribution in [0.2, 0.25) is 0 Å². The highest BCUT2D eigenvalue weighted by molar-refractivity contribution is 8.31. The summed E-state index contributed by atoms with van der Waals surface area (Å²) in [6.45, 7) is 1.74. The summed E-state index contributed by atoms with van der Waals surface area (Å²) in [5.74, 6) is -0.722. The summed E-state index contributed by atoms with van der Waals surface area (Å²) >= 11 is 4.44. The van der Waals surface area contributed by atoms with Gasteiger partial charge in [0.25, 0.3) is 0 Å². The average molecular weight is 252 g/mol. The van der Waals surface area contributed by atoms with Crippen molar-refractivity contribution in [3.8, 4) is 0 Å². The fourth-order valence-electron chi connectivity index (χ4n) is 1.44. The fraction of sp³-hybridized carbons (Fsp3) is 0.750. The lowest BCUT2D eigenvalue weighted by Crippen LogP contribution is -2.11. The zero-order valence-corrected chi connectivity index (χ0v) is 9.81. The van der Waals surface area contributed by atoms with Gasteiger partial charge in [-0.25, -0.2) is 9.47 Å². The van der Waals surface area contributed by atoms with Crippen molar-refractivity contribution in [3.05, 3.63) is 0 Å². The van der Waals surface area contributed by atoms with Crippen LogP contribution in [0, 0.1) is 5.92 Å². The van der Waals surface area contributed by atoms with Gasteiger partial charge in [0.2, 0.25) is 0 Å². The van der Waals surface area contributed by atoms with E-state index in [4.69, 9.17) is 5.26 Å². The molecule has 3 atom stereocenters. The van der Waals surface area contributed by atoms with Crippen molar-refractivity contribution in [2.45, 2.75) is 31.4 Å². The highest BCUT2D eigenvalue weighted by Crippen LogP contribution is 2.37. The SMILES string of the molecule is CCC(=O)CCC1C(=O)C1S(=O)(=S)OO. The zero-order chi connectivity index (χ0) is 11.6. The second kappa shape index (κ2) is 4.65. The molecule has 7 heteroatoms. The third-order valence-corrected chi connectivity index (χ3v) is 4.64. The van der Waals surface area contributed by atoms with Crippen molar-refractivity contribution >= 4 is 31.5 Å². The van der Waals surface area contributed by atoms with Gasteiger partial charge >= 0.3 is 0 Å². The molecule has 0 aromatic carbocycles. The van der Waals surface area contributed by atoms with Crippen molar-refractivity contribution in [1.29, 1.82) is 0 Å². The molecule has 3 unspecified atom stereocenters. The molecule has 5 nitrogen and oxygen atoms in total. The number of hydrogen-bond donors (Lipinski definition) is 1. The first kappa shape index (κ1) is 12.7. The van der Waals surface area contributed by atoms with Crippen molar-refractivity contribution < 1.29 is 23.4 Å². The Hall–Kier alpha value is -0.370. The maximum Gasteiger partial charge on any atom is 0.184 e. The number of ketones is 2. The predicted molar refractivity (Wildman–Crippen MR) is 56.0 cm³/mol. The Morgan fingerprint density at radius 2 is 2.27 bits per heavy atom. The van der Waals surface area contributed by atoms with Crippen LogP contribution in [0.25, 0.3) is 0 Å². The van der Waals surface area contributed by atoms with Crippen LogP contribution < -0.4 is 0 Å². The van der Waals surface area contributed by atoms with E-state index in [0.717, 1.165) is 0 Å². The predicted octanol–water partition coefficient (Wildman–Crippen LogP) is 0.464. The lowest BCUT2D eigenvalue weighted by Gasteiger charge is -1.98. The molecule has 0 heterocycles. The second-order valence-corrected chi connectivity index (χ2v) is 6.46. The van der Waals surface area contributed by atoms with Crippen LogP contribution in [0.5, 0.6) is 0 Å². The highest BCUT2D eigenvalue weighted by Gasteiger charge is 2.56. The van der Waals surface area contributed by atoms with E-state index < -0.39 is 19.9 Å². The van der Waals surface area contributed by atoms with Crippen LogP contribution in [0.3, 0.4) is 0 Å². The summed E-state index contributed by atoms with van der Waals surface area (Å²) in [5, 5.41) is 7.35. The minimum absolute atomic E-state index is 0.0502. The molecular weight excluding hydrogens is 240 g/mol. The summed E-state index contributed by atoms with van der Waals surface area (Å²) < 4.78 is 14.9. The van der Waals surface area contributed by atoms with Gasteiger partial charge in [0.1, 0.15) is 11.0 Å². The molecule has 0 aromatic rings. The summed E-state index contributed by atoms with van der Waals surface area (Å²) in [7, 11) is -3.35. The lowest BCUT2D eigenvalue weighted by atomic mass is 10.1. The molecule has 0 aromatic heterocycles. The van der Waals surface area contributed by atoms with Gasteiger partial charge in [-0.2, -0.15) is 0 Å². The van der Waals surface area contributed by atoms with Crippen molar-refractivity contribution in [3.63, 3.8) is 0 Å². The van der Waals surface area contributed by atoms with Crippen LogP contribution in [0.1, 0.15) is 26.2 Å². The monoisotopic (exact) mass is 252 g/mol. The van der Waals surface area contributed by atoms with Crippen LogP contribution in [0.15, 0.2) is 0 Å². The standard InChI is InChI=1S/C8H12O5S2/c1-2-5(9)3-4-6-7(10)8(6)15(12,14)13-11/h6,8,11H,2-4H2,1H3. The lowest BCUT2D eigenvalue weighted by molar-refractivity contribution is -0.125. The molecule has 0 aliphatic heterocycles. The molecule has 1 rings (SSSR count). The maximum absolute atomic E-state index is 11.3. The molecule has 0 saturated heterocycles. The van der Waals surface area contributed by atoms with Crippen LogP contribution in [-0.2, 0) is 33.9 Å². The van der Waals surface area contributed by atoms with Gasteiger partial charge in [0.15, 0.2) is 14.6 Å². The number of carbonyl (C=O) groups is 2. The molecular formula is C8H12O5S2. The van der Waals surface area contributed by atoms with Gasteiger partial charge < -0.3 is 0 Å². The zero-order valence-electron chi connectivity index (χ0n) is 8.17. The normalized spacial score (nSPS) is 28.5. The van der Waals surface area contributed by atoms with Gasteiger partial charge in [0, 0.05) is 29.9 Å². The van der Waals surface area contributed by atoms with E-state index in [1.165, 1.54) is 0 Å². The molecule has 86 valence electrons. The van der Waals surface area contributed by atoms with Crippen LogP contribution in [-0.4, -0.2) is 26.3 Å². The Kier molecular flexibility index (Phi) is 3.93. The molecule has 0 spiro atoms. The topological polar surface area (TPSA) is 80.7 Å². The third kappa shape index (κ3) is 2.81. The van der Waals surface area contributed by atoms with E-state index in [0.29, 0.717) is 12.8 Å². The second-order valence-electron chi connectivity index (χ2n) is 3.43. The number of rotatable bonds is 6. The van der Waals surface area contributed by atoms with Crippen molar-refractivity contribution in [1.82, 2.24) is 0 Å². The van der Waals surface area contributed by atoms with E-state index in [2.05, 4.69) is 15.5 Å². The Morgan fingerprint density at radius 3 is 2.73 bits per heavy atom. The summed E-state index contributed by atoms with van der Waals surface area (Å²) in [5.41, 5.74) is 0. The minimum atomic E-state index is -3.35. The summed E-state index contributed by atoms with van der Waals surface area (Å²) in [4.78, 5) is 22.2. The Morgan fingerprint density at radius 1 is 1.67 bits per heavy atom.